The molecule has 0 heterocycles. The van der Waals surface area contributed by atoms with Crippen LogP contribution >= 0.6 is 0 Å². The van der Waals surface area contributed by atoms with E-state index >= 15 is 0 Å². The van der Waals surface area contributed by atoms with E-state index < -0.39 is 24.2 Å². The van der Waals surface area contributed by atoms with E-state index in [9.17, 15) is 19.2 Å². The Morgan fingerprint density at radius 1 is 0.568 bits per heavy atom. The van der Waals surface area contributed by atoms with Gasteiger partial charge in [-0.15, -0.1) is 0 Å². The Hall–Kier alpha value is -4.96. The Morgan fingerprint density at radius 3 is 1.30 bits per heavy atom. The van der Waals surface area contributed by atoms with Crippen molar-refractivity contribution >= 4 is 24.2 Å². The van der Waals surface area contributed by atoms with E-state index in [4.69, 9.17) is 28.4 Å². The van der Waals surface area contributed by atoms with Crippen LogP contribution in [0.15, 0.2) is 36.4 Å². The summed E-state index contributed by atoms with van der Waals surface area (Å²) < 4.78 is 30.3. The van der Waals surface area contributed by atoms with Crippen molar-refractivity contribution in [3.05, 3.63) is 47.5 Å². The third-order valence-corrected chi connectivity index (χ3v) is 6.52. The monoisotopic (exact) mass is 624 g/mol. The number of benzene rings is 2. The third-order valence-electron chi connectivity index (χ3n) is 6.52. The van der Waals surface area contributed by atoms with Gasteiger partial charge < -0.3 is 28.4 Å². The second kappa shape index (κ2) is 17.2. The van der Waals surface area contributed by atoms with Crippen molar-refractivity contribution in [2.75, 3.05) is 41.7 Å². The highest BCUT2D eigenvalue weighted by atomic mass is 17.5. The minimum atomic E-state index is -1.20. The quantitative estimate of drug-likeness (QED) is 0.162. The zero-order chi connectivity index (χ0) is 31.9. The van der Waals surface area contributed by atoms with Gasteiger partial charge in [-0.05, 0) is 73.9 Å². The first kappa shape index (κ1) is 33.5. The van der Waals surface area contributed by atoms with Crippen LogP contribution in [-0.4, -0.2) is 65.9 Å². The maximum Gasteiger partial charge on any atom is 0.543 e. The van der Waals surface area contributed by atoms with Gasteiger partial charge in [0.05, 0.1) is 51.7 Å². The predicted molar refractivity (Wildman–Crippen MR) is 142 cm³/mol. The van der Waals surface area contributed by atoms with Crippen molar-refractivity contribution < 1.29 is 77.2 Å². The average molecular weight is 625 g/mol. The molecular weight excluding hydrogens is 592 g/mol. The predicted octanol–water partition coefficient (Wildman–Crippen LogP) is 4.54. The first-order valence-corrected chi connectivity index (χ1v) is 13.2. The first-order valence-electron chi connectivity index (χ1n) is 13.2. The highest BCUT2D eigenvalue weighted by Gasteiger charge is 2.25. The van der Waals surface area contributed by atoms with Crippen LogP contribution in [0.5, 0.6) is 23.0 Å². The Labute approximate surface area is 251 Å². The zero-order valence-electron chi connectivity index (χ0n) is 24.4. The van der Waals surface area contributed by atoms with Crippen molar-refractivity contribution in [2.45, 2.75) is 25.7 Å². The fourth-order valence-electron chi connectivity index (χ4n) is 4.17. The number of rotatable bonds is 14. The second-order valence-electron chi connectivity index (χ2n) is 9.19. The molecule has 0 saturated heterocycles. The van der Waals surface area contributed by atoms with Crippen molar-refractivity contribution in [3.63, 3.8) is 0 Å². The molecule has 0 spiro atoms. The standard InChI is InChI=1S/C28H32O16/c1-33-19-9-11-23(35-3)21(13-19)25(29)39-43-41-27(31)37-15-17-5-7-18(8-6-17)16-38-28(32)42-44-40-26(30)22-14-20(34-2)10-12-24(22)36-4/h9-14,17-18H,5-8,15-16H2,1-4H3. The molecule has 0 aromatic heterocycles. The van der Waals surface area contributed by atoms with Crippen LogP contribution in [0, 0.1) is 11.8 Å². The van der Waals surface area contributed by atoms with Gasteiger partial charge in [0, 0.05) is 0 Å². The lowest BCUT2D eigenvalue weighted by Gasteiger charge is -2.27. The molecule has 0 atom stereocenters. The summed E-state index contributed by atoms with van der Waals surface area (Å²) in [6.45, 7) is 0.0689. The fourth-order valence-corrected chi connectivity index (χ4v) is 4.17. The lowest BCUT2D eigenvalue weighted by atomic mass is 9.83. The van der Waals surface area contributed by atoms with Gasteiger partial charge in [0.15, 0.2) is 0 Å². The molecule has 3 rings (SSSR count). The van der Waals surface area contributed by atoms with Gasteiger partial charge in [0.1, 0.15) is 34.1 Å². The average Bonchev–Trinajstić information content (AvgIpc) is 3.05. The minimum absolute atomic E-state index is 0.0146. The van der Waals surface area contributed by atoms with Gasteiger partial charge in [-0.1, -0.05) is 0 Å². The zero-order valence-corrected chi connectivity index (χ0v) is 24.4. The largest absolute Gasteiger partial charge is 0.543 e. The lowest BCUT2D eigenvalue weighted by Crippen LogP contribution is -2.24. The number of carbonyl (C=O) groups excluding carboxylic acids is 4. The molecule has 0 amide bonds. The molecule has 0 radical (unpaired) electrons. The molecule has 16 nitrogen and oxygen atoms in total. The molecule has 1 aliphatic carbocycles. The highest BCUT2D eigenvalue weighted by molar-refractivity contribution is 5.93. The van der Waals surface area contributed by atoms with Crippen LogP contribution in [0.1, 0.15) is 46.4 Å². The fraction of sp³-hybridized carbons (Fsp3) is 0.429. The van der Waals surface area contributed by atoms with E-state index in [2.05, 4.69) is 29.6 Å². The summed E-state index contributed by atoms with van der Waals surface area (Å²) in [4.78, 5) is 65.6. The van der Waals surface area contributed by atoms with E-state index in [1.165, 1.54) is 52.7 Å². The highest BCUT2D eigenvalue weighted by Crippen LogP contribution is 2.30. The van der Waals surface area contributed by atoms with Crippen LogP contribution in [-0.2, 0) is 39.1 Å². The number of ether oxygens (including phenoxy) is 6. The Morgan fingerprint density at radius 2 is 0.955 bits per heavy atom. The van der Waals surface area contributed by atoms with Crippen molar-refractivity contribution in [2.24, 2.45) is 11.8 Å². The second-order valence-corrected chi connectivity index (χ2v) is 9.19. The van der Waals surface area contributed by atoms with E-state index in [1.807, 2.05) is 0 Å². The van der Waals surface area contributed by atoms with Crippen molar-refractivity contribution in [1.82, 2.24) is 0 Å². The van der Waals surface area contributed by atoms with E-state index in [0.717, 1.165) is 0 Å². The minimum Gasteiger partial charge on any atom is -0.497 e. The molecule has 0 bridgehead atoms. The topological polar surface area (TPSA) is 179 Å². The van der Waals surface area contributed by atoms with Crippen molar-refractivity contribution in [3.8, 4) is 23.0 Å². The summed E-state index contributed by atoms with van der Waals surface area (Å²) in [7, 11) is 5.57. The first-order chi connectivity index (χ1) is 21.3. The molecule has 0 aliphatic heterocycles. The summed E-state index contributed by atoms with van der Waals surface area (Å²) in [5.41, 5.74) is -0.0291. The van der Waals surface area contributed by atoms with Gasteiger partial charge in [-0.3, -0.25) is 9.78 Å². The summed E-state index contributed by atoms with van der Waals surface area (Å²) in [5.74, 6) is -0.797. The summed E-state index contributed by atoms with van der Waals surface area (Å²) in [5, 5.41) is 8.50. The van der Waals surface area contributed by atoms with Crippen LogP contribution in [0.2, 0.25) is 0 Å². The van der Waals surface area contributed by atoms with Gasteiger partial charge in [-0.2, -0.15) is 0 Å². The molecule has 1 fully saturated rings. The summed E-state index contributed by atoms with van der Waals surface area (Å²) in [6.07, 6.45) is 0.260. The molecule has 44 heavy (non-hydrogen) atoms. The molecule has 0 N–H and O–H groups in total. The molecule has 0 unspecified atom stereocenters. The normalized spacial score (nSPS) is 15.6. The van der Waals surface area contributed by atoms with Crippen LogP contribution in [0.3, 0.4) is 0 Å². The van der Waals surface area contributed by atoms with Gasteiger partial charge in [-0.25, -0.2) is 29.0 Å². The third kappa shape index (κ3) is 10.1. The molecular formula is C28H32O16. The van der Waals surface area contributed by atoms with Gasteiger partial charge >= 0.3 is 24.2 Å². The number of hydrogen-bond donors (Lipinski definition) is 0. The maximum atomic E-state index is 12.2. The maximum absolute atomic E-state index is 12.2. The number of carbonyl (C=O) groups is 4. The smallest absolute Gasteiger partial charge is 0.497 e. The summed E-state index contributed by atoms with van der Waals surface area (Å²) >= 11 is 0. The molecule has 2 aromatic rings. The van der Waals surface area contributed by atoms with Gasteiger partial charge in [0.25, 0.3) is 0 Å². The molecule has 1 saturated carbocycles. The molecule has 16 heteroatoms. The molecule has 1 aliphatic rings. The van der Waals surface area contributed by atoms with E-state index in [-0.39, 0.29) is 47.7 Å². The number of hydrogen-bond acceptors (Lipinski definition) is 16. The van der Waals surface area contributed by atoms with Crippen LogP contribution in [0.25, 0.3) is 0 Å². The SMILES string of the molecule is COc1ccc(OC)c(C(=O)OOOC(=O)OCC2CCC(COC(=O)OOOC(=O)c3cc(OC)ccc3OC)CC2)c1. The molecule has 240 valence electrons. The number of methoxy groups -OCH3 is 4. The van der Waals surface area contributed by atoms with Crippen molar-refractivity contribution in [1.29, 1.82) is 0 Å². The Bertz CT molecular complexity index is 1170. The Balaban J connectivity index is 1.27. The van der Waals surface area contributed by atoms with Crippen LogP contribution in [0.4, 0.5) is 9.59 Å². The summed E-state index contributed by atoms with van der Waals surface area (Å²) in [6, 6.07) is 8.88. The Kier molecular flexibility index (Phi) is 13.1. The van der Waals surface area contributed by atoms with Gasteiger partial charge in [0.2, 0.25) is 0 Å². The molecule has 2 aromatic carbocycles. The van der Waals surface area contributed by atoms with E-state index in [0.29, 0.717) is 37.2 Å². The van der Waals surface area contributed by atoms with Crippen LogP contribution < -0.4 is 18.9 Å². The lowest BCUT2D eigenvalue weighted by molar-refractivity contribution is -0.452. The van der Waals surface area contributed by atoms with E-state index in [1.54, 1.807) is 12.1 Å².